The van der Waals surface area contributed by atoms with E-state index >= 15 is 0 Å². The second kappa shape index (κ2) is 14.3. The third kappa shape index (κ3) is 9.01. The summed E-state index contributed by atoms with van der Waals surface area (Å²) in [5.41, 5.74) is -1.15. The molecule has 0 saturated carbocycles. The maximum atomic E-state index is 13.5. The molecule has 0 radical (unpaired) electrons. The number of rotatable bonds is 5. The number of carbonyl (C=O) groups is 5. The molecular weight excluding hydrogens is 569 g/mol. The van der Waals surface area contributed by atoms with E-state index in [-0.39, 0.29) is 42.7 Å². The number of amides is 5. The van der Waals surface area contributed by atoms with Crippen molar-refractivity contribution in [2.75, 3.05) is 19.7 Å². The lowest BCUT2D eigenvalue weighted by Crippen LogP contribution is -2.61. The lowest BCUT2D eigenvalue weighted by atomic mass is 9.84. The molecule has 1 aliphatic rings. The van der Waals surface area contributed by atoms with Crippen LogP contribution in [0.3, 0.4) is 0 Å². The van der Waals surface area contributed by atoms with Crippen molar-refractivity contribution in [2.45, 2.75) is 71.0 Å². The first-order valence-electron chi connectivity index (χ1n) is 14.6. The first-order chi connectivity index (χ1) is 20.6. The number of benzene rings is 2. The maximum absolute atomic E-state index is 13.5. The van der Waals surface area contributed by atoms with Crippen LogP contribution in [0.4, 0.5) is 4.39 Å². The summed E-state index contributed by atoms with van der Waals surface area (Å²) in [4.78, 5) is 66.2. The van der Waals surface area contributed by atoms with E-state index in [2.05, 4.69) is 26.6 Å². The third-order valence-electron chi connectivity index (χ3n) is 7.39. The molecule has 0 fully saturated rings. The Balaban J connectivity index is 1.89. The van der Waals surface area contributed by atoms with Gasteiger partial charge in [0.15, 0.2) is 0 Å². The molecule has 2 aromatic rings. The monoisotopic (exact) mass is 611 g/mol. The topological polar surface area (TPSA) is 155 Å². The normalized spacial score (nSPS) is 20.2. The molecule has 0 aromatic heterocycles. The molecule has 1 aliphatic heterocycles. The predicted molar refractivity (Wildman–Crippen MR) is 162 cm³/mol. The molecule has 12 heteroatoms. The Morgan fingerprint density at radius 1 is 1.05 bits per heavy atom. The third-order valence-corrected chi connectivity index (χ3v) is 7.39. The van der Waals surface area contributed by atoms with Gasteiger partial charge in [0.05, 0.1) is 18.5 Å². The minimum Gasteiger partial charge on any atom is -0.491 e. The van der Waals surface area contributed by atoms with Crippen molar-refractivity contribution in [3.05, 3.63) is 65.5 Å². The highest BCUT2D eigenvalue weighted by Crippen LogP contribution is 2.23. The minimum absolute atomic E-state index is 0.0305. The van der Waals surface area contributed by atoms with Gasteiger partial charge in [0.2, 0.25) is 23.6 Å². The Bertz CT molecular complexity index is 1380. The largest absolute Gasteiger partial charge is 0.491 e. The molecule has 2 aromatic carbocycles. The summed E-state index contributed by atoms with van der Waals surface area (Å²) in [6.45, 7) is 10.5. The average Bonchev–Trinajstić information content (AvgIpc) is 2.95. The van der Waals surface area contributed by atoms with Gasteiger partial charge in [-0.3, -0.25) is 24.0 Å². The van der Waals surface area contributed by atoms with Gasteiger partial charge in [0.25, 0.3) is 5.91 Å². The van der Waals surface area contributed by atoms with Crippen LogP contribution in [0.15, 0.2) is 48.5 Å². The van der Waals surface area contributed by atoms with E-state index in [1.165, 1.54) is 32.0 Å². The van der Waals surface area contributed by atoms with Gasteiger partial charge < -0.3 is 31.3 Å². The van der Waals surface area contributed by atoms with Gasteiger partial charge in [-0.1, -0.05) is 52.0 Å². The van der Waals surface area contributed by atoms with Crippen LogP contribution in [0.5, 0.6) is 5.75 Å². The zero-order chi connectivity index (χ0) is 32.7. The lowest BCUT2D eigenvalue weighted by Gasteiger charge is -2.30. The second-order valence-electron chi connectivity index (χ2n) is 12.3. The molecule has 11 nitrogen and oxygen atoms in total. The van der Waals surface area contributed by atoms with E-state index in [0.717, 1.165) is 5.56 Å². The van der Waals surface area contributed by atoms with Gasteiger partial charge >= 0.3 is 0 Å². The Morgan fingerprint density at radius 2 is 1.70 bits per heavy atom. The highest BCUT2D eigenvalue weighted by Gasteiger charge is 2.36. The van der Waals surface area contributed by atoms with E-state index in [9.17, 15) is 28.4 Å². The minimum atomic E-state index is -1.45. The van der Waals surface area contributed by atoms with Crippen LogP contribution in [-0.2, 0) is 24.6 Å². The van der Waals surface area contributed by atoms with Crippen molar-refractivity contribution in [2.24, 2.45) is 5.92 Å². The van der Waals surface area contributed by atoms with Gasteiger partial charge in [-0.2, -0.15) is 0 Å². The maximum Gasteiger partial charge on any atom is 0.255 e. The lowest BCUT2D eigenvalue weighted by molar-refractivity contribution is -0.136. The van der Waals surface area contributed by atoms with Crippen LogP contribution in [-0.4, -0.2) is 66.9 Å². The van der Waals surface area contributed by atoms with Gasteiger partial charge in [0.1, 0.15) is 35.8 Å². The van der Waals surface area contributed by atoms with Crippen LogP contribution in [0.2, 0.25) is 0 Å². The number of para-hydroxylation sites is 1. The van der Waals surface area contributed by atoms with E-state index in [0.29, 0.717) is 0 Å². The van der Waals surface area contributed by atoms with Crippen LogP contribution in [0, 0.1) is 11.7 Å². The highest BCUT2D eigenvalue weighted by atomic mass is 19.1. The molecule has 0 unspecified atom stereocenters. The zero-order valence-corrected chi connectivity index (χ0v) is 26.0. The number of ether oxygens (including phenoxy) is 1. The van der Waals surface area contributed by atoms with E-state index in [1.54, 1.807) is 44.2 Å². The van der Waals surface area contributed by atoms with Crippen molar-refractivity contribution in [3.63, 3.8) is 0 Å². The molecule has 0 saturated heterocycles. The van der Waals surface area contributed by atoms with Gasteiger partial charge in [0, 0.05) is 12.0 Å². The van der Waals surface area contributed by atoms with Crippen LogP contribution < -0.4 is 31.3 Å². The Hall–Kier alpha value is -4.48. The number of hydrogen-bond donors (Lipinski definition) is 5. The van der Waals surface area contributed by atoms with E-state index in [1.807, 2.05) is 13.8 Å². The summed E-state index contributed by atoms with van der Waals surface area (Å²) in [6.07, 6.45) is -0.484. The first kappa shape index (κ1) is 34.0. The van der Waals surface area contributed by atoms with Gasteiger partial charge in [-0.25, -0.2) is 4.39 Å². The summed E-state index contributed by atoms with van der Waals surface area (Å²) in [5, 5.41) is 13.5. The van der Waals surface area contributed by atoms with Crippen molar-refractivity contribution in [3.8, 4) is 5.75 Å². The Labute approximate surface area is 257 Å². The first-order valence-corrected chi connectivity index (χ1v) is 14.6. The number of fused-ring (bicyclic) bond motifs is 1. The molecule has 0 aliphatic carbocycles. The zero-order valence-electron chi connectivity index (χ0n) is 26.0. The standard InChI is InChI=1S/C32H42FN5O6/c1-19(2)26-29(42)34-15-16-44-24-10-8-7-9-22(24)27(40)36-23(17-25(39)38-32(5,6)30(43)37-26)28(41)35-18-31(3,4)20-11-13-21(33)14-12-20/h7-14,19,23,26H,15-18H2,1-6H3,(H,34,42)(H,35,41)(H,36,40)(H,37,43)(H,38,39)/t23-,26+/m0/s1. The van der Waals surface area contributed by atoms with Crippen LogP contribution >= 0.6 is 0 Å². The van der Waals surface area contributed by atoms with Crippen molar-refractivity contribution >= 4 is 29.5 Å². The Kier molecular flexibility index (Phi) is 11.1. The molecule has 0 bridgehead atoms. The summed E-state index contributed by atoms with van der Waals surface area (Å²) < 4.78 is 19.2. The molecule has 1 heterocycles. The number of nitrogens with one attached hydrogen (secondary N) is 5. The molecule has 3 rings (SSSR count). The molecular formula is C32H42FN5O6. The van der Waals surface area contributed by atoms with Crippen molar-refractivity contribution in [1.29, 1.82) is 0 Å². The fraction of sp³-hybridized carbons (Fsp3) is 0.469. The molecule has 5 amide bonds. The van der Waals surface area contributed by atoms with Crippen molar-refractivity contribution in [1.82, 2.24) is 26.6 Å². The fourth-order valence-corrected chi connectivity index (χ4v) is 4.60. The smallest absolute Gasteiger partial charge is 0.255 e. The van der Waals surface area contributed by atoms with Gasteiger partial charge in [-0.05, 0) is 49.6 Å². The molecule has 238 valence electrons. The average molecular weight is 612 g/mol. The van der Waals surface area contributed by atoms with E-state index in [4.69, 9.17) is 4.74 Å². The van der Waals surface area contributed by atoms with E-state index < -0.39 is 59.0 Å². The summed E-state index contributed by atoms with van der Waals surface area (Å²) in [5.74, 6) is -3.40. The summed E-state index contributed by atoms with van der Waals surface area (Å²) in [6, 6.07) is 10.1. The summed E-state index contributed by atoms with van der Waals surface area (Å²) >= 11 is 0. The fourth-order valence-electron chi connectivity index (χ4n) is 4.60. The van der Waals surface area contributed by atoms with Gasteiger partial charge in [-0.15, -0.1) is 0 Å². The Morgan fingerprint density at radius 3 is 2.36 bits per heavy atom. The molecule has 5 N–H and O–H groups in total. The molecule has 0 spiro atoms. The molecule has 2 atom stereocenters. The van der Waals surface area contributed by atoms with Crippen molar-refractivity contribution < 1.29 is 33.1 Å². The number of hydrogen-bond acceptors (Lipinski definition) is 6. The van der Waals surface area contributed by atoms with Crippen LogP contribution in [0.1, 0.15) is 63.9 Å². The number of carbonyl (C=O) groups excluding carboxylic acids is 5. The number of halogens is 1. The SMILES string of the molecule is CC(C)[C@H]1NC(=O)C(C)(C)NC(=O)C[C@@H](C(=O)NCC(C)(C)c2ccc(F)cc2)NC(=O)c2ccccc2OCCNC1=O. The second-order valence-corrected chi connectivity index (χ2v) is 12.3. The summed E-state index contributed by atoms with van der Waals surface area (Å²) in [7, 11) is 0. The quantitative estimate of drug-likeness (QED) is 0.348. The molecule has 44 heavy (non-hydrogen) atoms. The van der Waals surface area contributed by atoms with Crippen LogP contribution in [0.25, 0.3) is 0 Å². The predicted octanol–water partition coefficient (Wildman–Crippen LogP) is 1.95. The highest BCUT2D eigenvalue weighted by molar-refractivity contribution is 6.01.